The molecule has 7 rings (SSSR count). The highest BCUT2D eigenvalue weighted by molar-refractivity contribution is 6.29. The average Bonchev–Trinajstić information content (AvgIpc) is 3.17. The molecule has 0 bridgehead atoms. The number of hydrogen-bond donors (Lipinski definition) is 0. The lowest BCUT2D eigenvalue weighted by molar-refractivity contribution is 1.04. The van der Waals surface area contributed by atoms with Crippen LogP contribution in [0.3, 0.4) is 0 Å². The summed E-state index contributed by atoms with van der Waals surface area (Å²) in [5, 5.41) is 10.3. The molecule has 2 aromatic heterocycles. The Kier molecular flexibility index (Phi) is 3.72. The average molecular weight is 423 g/mol. The summed E-state index contributed by atoms with van der Waals surface area (Å²) in [6.07, 6.45) is 0. The van der Waals surface area contributed by atoms with E-state index in [9.17, 15) is 0 Å². The maximum atomic E-state index is 4.91. The first-order valence-corrected chi connectivity index (χ1v) is 11.4. The predicted octanol–water partition coefficient (Wildman–Crippen LogP) is 8.26. The molecule has 0 saturated carbocycles. The highest BCUT2D eigenvalue weighted by atomic mass is 15.1. The molecule has 33 heavy (non-hydrogen) atoms. The van der Waals surface area contributed by atoms with Gasteiger partial charge < -0.3 is 0 Å². The molecule has 0 aliphatic heterocycles. The van der Waals surface area contributed by atoms with Gasteiger partial charge in [-0.3, -0.25) is 4.57 Å². The molecule has 0 fully saturated rings. The maximum Gasteiger partial charge on any atom is 0.138 e. The minimum absolute atomic E-state index is 0.976. The number of fused-ring (bicyclic) bond motifs is 9. The summed E-state index contributed by atoms with van der Waals surface area (Å²) in [4.78, 5) is 4.91. The molecule has 2 heterocycles. The van der Waals surface area contributed by atoms with Gasteiger partial charge in [-0.2, -0.15) is 0 Å². The van der Waals surface area contributed by atoms with Gasteiger partial charge in [0.05, 0.1) is 11.0 Å². The minimum atomic E-state index is 0.976. The van der Waals surface area contributed by atoms with Crippen molar-refractivity contribution in [2.75, 3.05) is 0 Å². The van der Waals surface area contributed by atoms with E-state index in [0.717, 1.165) is 11.5 Å². The number of aromatic nitrogens is 2. The van der Waals surface area contributed by atoms with E-state index in [0.29, 0.717) is 0 Å². The monoisotopic (exact) mass is 422 g/mol. The van der Waals surface area contributed by atoms with E-state index in [1.54, 1.807) is 0 Å². The normalized spacial score (nSPS) is 11.9. The molecule has 0 atom stereocenters. The second-order valence-electron chi connectivity index (χ2n) is 9.00. The van der Waals surface area contributed by atoms with Gasteiger partial charge in [-0.25, -0.2) is 4.98 Å². The van der Waals surface area contributed by atoms with Crippen LogP contribution in [0.1, 0.15) is 11.3 Å². The number of hydrogen-bond acceptors (Lipinski definition) is 1. The van der Waals surface area contributed by atoms with Crippen LogP contribution in [-0.2, 0) is 0 Å². The molecule has 156 valence electrons. The Morgan fingerprint density at radius 1 is 0.545 bits per heavy atom. The second kappa shape index (κ2) is 6.66. The van der Waals surface area contributed by atoms with E-state index < -0.39 is 0 Å². The topological polar surface area (TPSA) is 17.8 Å². The molecule has 0 saturated heterocycles. The van der Waals surface area contributed by atoms with Gasteiger partial charge in [0.25, 0.3) is 0 Å². The van der Waals surface area contributed by atoms with Gasteiger partial charge in [-0.15, -0.1) is 0 Å². The molecule has 7 aromatic rings. The van der Waals surface area contributed by atoms with Crippen LogP contribution >= 0.6 is 0 Å². The van der Waals surface area contributed by atoms with E-state index >= 15 is 0 Å². The number of benzene rings is 5. The first-order valence-electron chi connectivity index (χ1n) is 11.4. The van der Waals surface area contributed by atoms with E-state index in [4.69, 9.17) is 4.98 Å². The Balaban J connectivity index is 1.71. The second-order valence-corrected chi connectivity index (χ2v) is 9.00. The third-order valence-electron chi connectivity index (χ3n) is 6.85. The van der Waals surface area contributed by atoms with Crippen molar-refractivity contribution in [3.05, 3.63) is 108 Å². The van der Waals surface area contributed by atoms with Gasteiger partial charge in [0, 0.05) is 16.5 Å². The quantitative estimate of drug-likeness (QED) is 0.244. The van der Waals surface area contributed by atoms with Crippen molar-refractivity contribution < 1.29 is 0 Å². The van der Waals surface area contributed by atoms with Crippen LogP contribution in [0.15, 0.2) is 97.1 Å². The molecule has 0 aliphatic rings. The predicted molar refractivity (Wildman–Crippen MR) is 141 cm³/mol. The van der Waals surface area contributed by atoms with Crippen LogP contribution in [0.4, 0.5) is 0 Å². The van der Waals surface area contributed by atoms with Crippen molar-refractivity contribution in [1.82, 2.24) is 9.55 Å². The molecule has 0 amide bonds. The standard InChI is InChI=1S/C31H22N2/c1-19-17-20(2)32-29(18-19)33-27-10-6-5-9-26(27)31-25-14-13-22-12-11-21-7-3-4-8-23(21)30(22)24(25)15-16-28(31)33/h3-18H,1-2H3. The number of para-hydroxylation sites is 1. The van der Waals surface area contributed by atoms with E-state index in [1.165, 1.54) is 59.7 Å². The molecule has 0 spiro atoms. The fourth-order valence-electron chi connectivity index (χ4n) is 5.56. The van der Waals surface area contributed by atoms with Crippen LogP contribution in [0.2, 0.25) is 0 Å². The number of rotatable bonds is 1. The molecule has 5 aromatic carbocycles. The fourth-order valence-corrected chi connectivity index (χ4v) is 5.56. The van der Waals surface area contributed by atoms with Crippen molar-refractivity contribution in [3.63, 3.8) is 0 Å². The Morgan fingerprint density at radius 2 is 1.24 bits per heavy atom. The number of nitrogens with zero attached hydrogens (tertiary/aromatic N) is 2. The van der Waals surface area contributed by atoms with Crippen LogP contribution in [0.25, 0.3) is 59.9 Å². The van der Waals surface area contributed by atoms with Gasteiger partial charge in [0.2, 0.25) is 0 Å². The van der Waals surface area contributed by atoms with Crippen molar-refractivity contribution in [3.8, 4) is 5.82 Å². The van der Waals surface area contributed by atoms with Crippen LogP contribution in [-0.4, -0.2) is 9.55 Å². The first kappa shape index (κ1) is 18.4. The zero-order valence-corrected chi connectivity index (χ0v) is 18.6. The van der Waals surface area contributed by atoms with Crippen molar-refractivity contribution >= 4 is 54.1 Å². The smallest absolute Gasteiger partial charge is 0.138 e. The summed E-state index contributed by atoms with van der Waals surface area (Å²) in [7, 11) is 0. The van der Waals surface area contributed by atoms with Gasteiger partial charge in [-0.1, -0.05) is 72.8 Å². The van der Waals surface area contributed by atoms with E-state index in [1.807, 2.05) is 0 Å². The summed E-state index contributed by atoms with van der Waals surface area (Å²) in [5.41, 5.74) is 4.65. The van der Waals surface area contributed by atoms with Crippen molar-refractivity contribution in [2.45, 2.75) is 13.8 Å². The molecule has 0 N–H and O–H groups in total. The zero-order valence-electron chi connectivity index (χ0n) is 18.6. The van der Waals surface area contributed by atoms with Gasteiger partial charge >= 0.3 is 0 Å². The Labute approximate surface area is 191 Å². The largest absolute Gasteiger partial charge is 0.294 e. The third kappa shape index (κ3) is 2.58. The number of pyridine rings is 1. The summed E-state index contributed by atoms with van der Waals surface area (Å²) >= 11 is 0. The van der Waals surface area contributed by atoms with Gasteiger partial charge in [-0.05, 0) is 76.0 Å². The van der Waals surface area contributed by atoms with Crippen LogP contribution in [0.5, 0.6) is 0 Å². The van der Waals surface area contributed by atoms with Gasteiger partial charge in [0.15, 0.2) is 0 Å². The lowest BCUT2D eigenvalue weighted by Crippen LogP contribution is -1.99. The minimum Gasteiger partial charge on any atom is -0.294 e. The summed E-state index contributed by atoms with van der Waals surface area (Å²) < 4.78 is 2.32. The van der Waals surface area contributed by atoms with Crippen LogP contribution in [0, 0.1) is 13.8 Å². The highest BCUT2D eigenvalue weighted by Gasteiger charge is 2.17. The molecular formula is C31H22N2. The first-order chi connectivity index (χ1) is 16.2. The van der Waals surface area contributed by atoms with Gasteiger partial charge in [0.1, 0.15) is 5.82 Å². The number of aryl methyl sites for hydroxylation is 2. The summed E-state index contributed by atoms with van der Waals surface area (Å²) in [5.74, 6) is 0.976. The third-order valence-corrected chi connectivity index (χ3v) is 6.85. The molecule has 0 unspecified atom stereocenters. The molecular weight excluding hydrogens is 400 g/mol. The van der Waals surface area contributed by atoms with Crippen molar-refractivity contribution in [2.24, 2.45) is 0 Å². The SMILES string of the molecule is Cc1cc(C)nc(-n2c3ccccc3c3c4ccc5ccc6ccccc6c5c4ccc32)c1. The van der Waals surface area contributed by atoms with Crippen molar-refractivity contribution in [1.29, 1.82) is 0 Å². The molecule has 0 radical (unpaired) electrons. The zero-order chi connectivity index (χ0) is 22.1. The maximum absolute atomic E-state index is 4.91. The molecule has 0 aliphatic carbocycles. The molecule has 2 nitrogen and oxygen atoms in total. The highest BCUT2D eigenvalue weighted by Crippen LogP contribution is 2.40. The van der Waals surface area contributed by atoms with Crippen LogP contribution < -0.4 is 0 Å². The summed E-state index contributed by atoms with van der Waals surface area (Å²) in [6, 6.07) is 35.3. The van der Waals surface area contributed by atoms with E-state index in [2.05, 4.69) is 115 Å². The summed E-state index contributed by atoms with van der Waals surface area (Å²) in [6.45, 7) is 4.20. The Morgan fingerprint density at radius 3 is 2.12 bits per heavy atom. The lowest BCUT2D eigenvalue weighted by atomic mass is 9.94. The van der Waals surface area contributed by atoms with E-state index in [-0.39, 0.29) is 0 Å². The Hall–Kier alpha value is -4.17. The fraction of sp³-hybridized carbons (Fsp3) is 0.0645. The molecule has 2 heteroatoms. The Bertz CT molecular complexity index is 1870. The lowest BCUT2D eigenvalue weighted by Gasteiger charge is -2.11.